The minimum atomic E-state index is -4.47. The summed E-state index contributed by atoms with van der Waals surface area (Å²) in [6.07, 6.45) is -1.82. The first-order valence-electron chi connectivity index (χ1n) is 8.47. The molecular weight excluding hydrogens is 343 g/mol. The summed E-state index contributed by atoms with van der Waals surface area (Å²) in [7, 11) is 1.69. The average Bonchev–Trinajstić information content (AvgIpc) is 2.67. The predicted molar refractivity (Wildman–Crippen MR) is 94.0 cm³/mol. The van der Waals surface area contributed by atoms with Crippen molar-refractivity contribution in [2.45, 2.75) is 19.0 Å². The van der Waals surface area contributed by atoms with Gasteiger partial charge in [0.05, 0.1) is 11.5 Å². The number of para-hydroxylation sites is 1. The number of aromatic nitrogens is 1. The number of carbonyl (C=O) groups excluding carboxylic acids is 1. The number of rotatable bonds is 3. The van der Waals surface area contributed by atoms with Crippen molar-refractivity contribution in [3.05, 3.63) is 54.2 Å². The van der Waals surface area contributed by atoms with Crippen LogP contribution in [0, 0.1) is 5.92 Å². The zero-order valence-corrected chi connectivity index (χ0v) is 14.4. The van der Waals surface area contributed by atoms with Gasteiger partial charge in [-0.05, 0) is 37.1 Å². The molecule has 1 saturated heterocycles. The molecule has 26 heavy (non-hydrogen) atoms. The summed E-state index contributed by atoms with van der Waals surface area (Å²) in [5.74, 6) is -0.553. The number of hydrogen-bond acceptors (Lipinski definition) is 3. The van der Waals surface area contributed by atoms with Crippen LogP contribution in [0.3, 0.4) is 0 Å². The average molecular weight is 363 g/mol. The maximum Gasteiger partial charge on any atom is 0.419 e. The van der Waals surface area contributed by atoms with Crippen molar-refractivity contribution < 1.29 is 18.0 Å². The summed E-state index contributed by atoms with van der Waals surface area (Å²) in [6.45, 7) is 0.690. The second-order valence-electron chi connectivity index (χ2n) is 6.39. The molecule has 7 heteroatoms. The van der Waals surface area contributed by atoms with E-state index >= 15 is 0 Å². The lowest BCUT2D eigenvalue weighted by molar-refractivity contribution is -0.137. The standard InChI is InChI=1S/C19H20F3N3O/c1-24(15-8-3-2-4-9-15)18(26)14-7-6-12-25(13-14)17-16(19(20,21)22)10-5-11-23-17/h2-5,8-11,14H,6-7,12-13H2,1H3/t14-/m1/s1. The number of halogens is 3. The van der Waals surface area contributed by atoms with Gasteiger partial charge in [0.1, 0.15) is 5.82 Å². The Morgan fingerprint density at radius 2 is 1.92 bits per heavy atom. The largest absolute Gasteiger partial charge is 0.419 e. The number of carbonyl (C=O) groups is 1. The third kappa shape index (κ3) is 3.81. The molecule has 1 amide bonds. The Morgan fingerprint density at radius 3 is 2.62 bits per heavy atom. The zero-order chi connectivity index (χ0) is 18.7. The van der Waals surface area contributed by atoms with Gasteiger partial charge in [-0.25, -0.2) is 4.98 Å². The number of alkyl halides is 3. The topological polar surface area (TPSA) is 36.4 Å². The fourth-order valence-electron chi connectivity index (χ4n) is 3.29. The lowest BCUT2D eigenvalue weighted by atomic mass is 9.96. The van der Waals surface area contributed by atoms with Crippen LogP contribution in [0.5, 0.6) is 0 Å². The number of benzene rings is 1. The van der Waals surface area contributed by atoms with E-state index in [0.717, 1.165) is 11.8 Å². The third-order valence-corrected chi connectivity index (χ3v) is 4.64. The maximum absolute atomic E-state index is 13.3. The van der Waals surface area contributed by atoms with Crippen molar-refractivity contribution >= 4 is 17.4 Å². The van der Waals surface area contributed by atoms with Crippen molar-refractivity contribution in [1.82, 2.24) is 4.98 Å². The molecule has 0 saturated carbocycles. The van der Waals surface area contributed by atoms with Crippen LogP contribution in [-0.4, -0.2) is 31.0 Å². The molecule has 2 aromatic rings. The van der Waals surface area contributed by atoms with E-state index < -0.39 is 11.7 Å². The summed E-state index contributed by atoms with van der Waals surface area (Å²) < 4.78 is 39.8. The molecule has 0 bridgehead atoms. The molecule has 0 aliphatic carbocycles. The van der Waals surface area contributed by atoms with Crippen LogP contribution >= 0.6 is 0 Å². The van der Waals surface area contributed by atoms with E-state index in [2.05, 4.69) is 4.98 Å². The van der Waals surface area contributed by atoms with Crippen molar-refractivity contribution in [3.8, 4) is 0 Å². The molecule has 0 N–H and O–H groups in total. The van der Waals surface area contributed by atoms with Gasteiger partial charge < -0.3 is 9.80 Å². The van der Waals surface area contributed by atoms with E-state index in [1.54, 1.807) is 16.8 Å². The Labute approximate surface area is 150 Å². The van der Waals surface area contributed by atoms with Crippen molar-refractivity contribution in [1.29, 1.82) is 0 Å². The molecule has 4 nitrogen and oxygen atoms in total. The van der Waals surface area contributed by atoms with Gasteiger partial charge in [-0.1, -0.05) is 18.2 Å². The monoisotopic (exact) mass is 363 g/mol. The number of pyridine rings is 1. The summed E-state index contributed by atoms with van der Waals surface area (Å²) >= 11 is 0. The Morgan fingerprint density at radius 1 is 1.19 bits per heavy atom. The molecule has 1 aromatic carbocycles. The lowest BCUT2D eigenvalue weighted by Gasteiger charge is -2.35. The van der Waals surface area contributed by atoms with E-state index in [4.69, 9.17) is 0 Å². The van der Waals surface area contributed by atoms with Gasteiger partial charge in [0.2, 0.25) is 5.91 Å². The molecule has 1 aliphatic rings. The van der Waals surface area contributed by atoms with Crippen LogP contribution in [0.4, 0.5) is 24.7 Å². The van der Waals surface area contributed by atoms with Gasteiger partial charge in [0.15, 0.2) is 0 Å². The normalized spacial score (nSPS) is 17.8. The fourth-order valence-corrected chi connectivity index (χ4v) is 3.29. The molecule has 1 atom stereocenters. The van der Waals surface area contributed by atoms with Crippen LogP contribution in [0.15, 0.2) is 48.7 Å². The van der Waals surface area contributed by atoms with Crippen molar-refractivity contribution in [3.63, 3.8) is 0 Å². The molecule has 0 spiro atoms. The van der Waals surface area contributed by atoms with Gasteiger partial charge in [-0.2, -0.15) is 13.2 Å². The number of piperidine rings is 1. The van der Waals surface area contributed by atoms with Crippen LogP contribution in [0.1, 0.15) is 18.4 Å². The highest BCUT2D eigenvalue weighted by Crippen LogP contribution is 2.36. The molecule has 1 aromatic heterocycles. The third-order valence-electron chi connectivity index (χ3n) is 4.64. The van der Waals surface area contributed by atoms with Crippen LogP contribution in [0.2, 0.25) is 0 Å². The SMILES string of the molecule is CN(C(=O)[C@@H]1CCCN(c2ncccc2C(F)(F)F)C1)c1ccccc1. The minimum absolute atomic E-state index is 0.0922. The van der Waals surface area contributed by atoms with Crippen molar-refractivity contribution in [2.75, 3.05) is 29.9 Å². The Bertz CT molecular complexity index is 764. The van der Waals surface area contributed by atoms with Gasteiger partial charge >= 0.3 is 6.18 Å². The van der Waals surface area contributed by atoms with Crippen LogP contribution in [-0.2, 0) is 11.0 Å². The van der Waals surface area contributed by atoms with E-state index in [1.807, 2.05) is 30.3 Å². The molecule has 1 fully saturated rings. The van der Waals surface area contributed by atoms with Crippen molar-refractivity contribution in [2.24, 2.45) is 5.92 Å². The predicted octanol–water partition coefficient (Wildman–Crippen LogP) is 3.98. The molecule has 2 heterocycles. The summed E-state index contributed by atoms with van der Waals surface area (Å²) in [6, 6.07) is 11.5. The summed E-state index contributed by atoms with van der Waals surface area (Å²) in [5, 5.41) is 0. The van der Waals surface area contributed by atoms with Gasteiger partial charge in [-0.3, -0.25) is 4.79 Å². The number of amides is 1. The molecule has 0 radical (unpaired) electrons. The highest BCUT2D eigenvalue weighted by molar-refractivity contribution is 5.95. The second kappa shape index (κ2) is 7.35. The smallest absolute Gasteiger partial charge is 0.355 e. The van der Waals surface area contributed by atoms with E-state index in [-0.39, 0.29) is 24.2 Å². The maximum atomic E-state index is 13.3. The van der Waals surface area contributed by atoms with Gasteiger partial charge in [0.25, 0.3) is 0 Å². The molecule has 1 aliphatic heterocycles. The van der Waals surface area contributed by atoms with Gasteiger partial charge in [0, 0.05) is 32.0 Å². The number of nitrogens with zero attached hydrogens (tertiary/aromatic N) is 3. The molecule has 0 unspecified atom stereocenters. The number of hydrogen-bond donors (Lipinski definition) is 0. The molecule has 138 valence electrons. The lowest BCUT2D eigenvalue weighted by Crippen LogP contribution is -2.44. The minimum Gasteiger partial charge on any atom is -0.355 e. The van der Waals surface area contributed by atoms with E-state index in [9.17, 15) is 18.0 Å². The highest BCUT2D eigenvalue weighted by Gasteiger charge is 2.37. The number of anilines is 2. The summed E-state index contributed by atoms with van der Waals surface area (Å²) in [5.41, 5.74) is 0.00736. The molecule has 3 rings (SSSR count). The van der Waals surface area contributed by atoms with E-state index in [1.165, 1.54) is 12.3 Å². The Kier molecular flexibility index (Phi) is 5.15. The zero-order valence-electron chi connectivity index (χ0n) is 14.4. The first kappa shape index (κ1) is 18.2. The fraction of sp³-hybridized carbons (Fsp3) is 0.368. The molecular formula is C19H20F3N3O. The highest BCUT2D eigenvalue weighted by atomic mass is 19.4. The van der Waals surface area contributed by atoms with Crippen LogP contribution < -0.4 is 9.80 Å². The second-order valence-corrected chi connectivity index (χ2v) is 6.39. The first-order valence-corrected chi connectivity index (χ1v) is 8.47. The quantitative estimate of drug-likeness (QED) is 0.828. The first-order chi connectivity index (χ1) is 12.4. The van der Waals surface area contributed by atoms with Gasteiger partial charge in [-0.15, -0.1) is 0 Å². The Hall–Kier alpha value is -2.57. The van der Waals surface area contributed by atoms with Crippen LogP contribution in [0.25, 0.3) is 0 Å². The van der Waals surface area contributed by atoms with E-state index in [0.29, 0.717) is 19.4 Å². The summed E-state index contributed by atoms with van der Waals surface area (Å²) in [4.78, 5) is 19.9. The Balaban J connectivity index is 1.79.